The van der Waals surface area contributed by atoms with Crippen molar-refractivity contribution in [3.8, 4) is 0 Å². The number of carbonyl (C=O) groups excluding carboxylic acids is 1. The number of sulfonamides is 1. The number of anilines is 1. The highest BCUT2D eigenvalue weighted by Crippen LogP contribution is 2.25. The Kier molecular flexibility index (Phi) is 7.30. The van der Waals surface area contributed by atoms with E-state index in [9.17, 15) is 13.2 Å². The molecule has 1 aromatic carbocycles. The molecule has 4 rings (SSSR count). The second-order valence-electron chi connectivity index (χ2n) is 8.12. The maximum Gasteiger partial charge on any atom is 0.263 e. The van der Waals surface area contributed by atoms with Crippen LogP contribution in [0.2, 0.25) is 0 Å². The molecule has 1 unspecified atom stereocenters. The summed E-state index contributed by atoms with van der Waals surface area (Å²) in [5.74, 6) is 0.0260. The van der Waals surface area contributed by atoms with Gasteiger partial charge in [0, 0.05) is 30.2 Å². The smallest absolute Gasteiger partial charge is 0.263 e. The number of amides is 1. The summed E-state index contributed by atoms with van der Waals surface area (Å²) in [5, 5.41) is 6.71. The average Bonchev–Trinajstić information content (AvgIpc) is 3.46. The van der Waals surface area contributed by atoms with Gasteiger partial charge < -0.3 is 5.32 Å². The molecule has 0 saturated carbocycles. The lowest BCUT2D eigenvalue weighted by molar-refractivity contribution is 0.0932. The predicted molar refractivity (Wildman–Crippen MR) is 131 cm³/mol. The lowest BCUT2D eigenvalue weighted by atomic mass is 9.98. The van der Waals surface area contributed by atoms with Crippen molar-refractivity contribution >= 4 is 44.3 Å². The lowest BCUT2D eigenvalue weighted by Gasteiger charge is -2.32. The number of nitrogens with zero attached hydrogens (tertiary/aromatic N) is 1. The first-order valence-corrected chi connectivity index (χ1v) is 13.8. The van der Waals surface area contributed by atoms with Crippen molar-refractivity contribution in [2.45, 2.75) is 31.2 Å². The molecule has 0 bridgehead atoms. The van der Waals surface area contributed by atoms with Gasteiger partial charge in [0.1, 0.15) is 9.77 Å². The molecule has 2 aromatic heterocycles. The lowest BCUT2D eigenvalue weighted by Crippen LogP contribution is -2.40. The van der Waals surface area contributed by atoms with E-state index in [-0.39, 0.29) is 15.7 Å². The number of hydrogen-bond donors (Lipinski definition) is 2. The fraction of sp³-hybridized carbons (Fsp3) is 0.348. The zero-order valence-electron chi connectivity index (χ0n) is 17.9. The second-order valence-corrected chi connectivity index (χ2v) is 11.7. The van der Waals surface area contributed by atoms with Crippen LogP contribution in [0.15, 0.2) is 58.1 Å². The quantitative estimate of drug-likeness (QED) is 0.486. The fourth-order valence-corrected chi connectivity index (χ4v) is 7.06. The average molecular weight is 490 g/mol. The fourth-order valence-electron chi connectivity index (χ4n) is 3.91. The summed E-state index contributed by atoms with van der Waals surface area (Å²) < 4.78 is 28.3. The van der Waals surface area contributed by atoms with Gasteiger partial charge >= 0.3 is 0 Å². The molecule has 0 aliphatic carbocycles. The Morgan fingerprint density at radius 2 is 1.94 bits per heavy atom. The molecule has 1 fully saturated rings. The molecule has 32 heavy (non-hydrogen) atoms. The Morgan fingerprint density at radius 1 is 1.12 bits per heavy atom. The van der Waals surface area contributed by atoms with Crippen LogP contribution in [0, 0.1) is 12.8 Å². The molecule has 3 aromatic rings. The molecular formula is C23H27N3O3S3. The van der Waals surface area contributed by atoms with Crippen molar-refractivity contribution in [2.75, 3.05) is 24.4 Å². The van der Waals surface area contributed by atoms with Gasteiger partial charge in [-0.2, -0.15) is 0 Å². The van der Waals surface area contributed by atoms with Crippen LogP contribution in [0.4, 0.5) is 5.69 Å². The maximum absolute atomic E-state index is 12.9. The molecule has 1 amide bonds. The number of nitrogens with one attached hydrogen (secondary N) is 2. The van der Waals surface area contributed by atoms with Crippen LogP contribution in [0.3, 0.4) is 0 Å². The van der Waals surface area contributed by atoms with Gasteiger partial charge in [0.15, 0.2) is 0 Å². The van der Waals surface area contributed by atoms with E-state index in [1.54, 1.807) is 28.8 Å². The predicted octanol–water partition coefficient (Wildman–Crippen LogP) is 4.56. The number of thiophene rings is 2. The van der Waals surface area contributed by atoms with Crippen molar-refractivity contribution in [1.29, 1.82) is 0 Å². The Balaban J connectivity index is 1.36. The van der Waals surface area contributed by atoms with Gasteiger partial charge in [-0.15, -0.1) is 22.7 Å². The molecule has 3 heterocycles. The van der Waals surface area contributed by atoms with Crippen LogP contribution in [-0.2, 0) is 16.6 Å². The van der Waals surface area contributed by atoms with E-state index in [0.29, 0.717) is 18.2 Å². The summed E-state index contributed by atoms with van der Waals surface area (Å²) in [6.45, 7) is 5.43. The molecule has 1 saturated heterocycles. The summed E-state index contributed by atoms with van der Waals surface area (Å²) in [6.07, 6.45) is 2.16. The molecule has 9 heteroatoms. The normalized spacial score (nSPS) is 17.2. The zero-order valence-corrected chi connectivity index (χ0v) is 20.4. The number of piperidine rings is 1. The van der Waals surface area contributed by atoms with E-state index in [1.165, 1.54) is 10.9 Å². The summed E-state index contributed by atoms with van der Waals surface area (Å²) >= 11 is 2.91. The number of likely N-dealkylation sites (tertiary alicyclic amines) is 1. The Hall–Kier alpha value is -2.20. The third kappa shape index (κ3) is 5.78. The summed E-state index contributed by atoms with van der Waals surface area (Å²) in [7, 11) is -3.85. The molecule has 1 aliphatic heterocycles. The molecule has 1 aliphatic rings. The van der Waals surface area contributed by atoms with Gasteiger partial charge in [-0.1, -0.05) is 23.8 Å². The van der Waals surface area contributed by atoms with E-state index < -0.39 is 10.0 Å². The third-order valence-corrected chi connectivity index (χ3v) is 8.87. The van der Waals surface area contributed by atoms with E-state index >= 15 is 0 Å². The van der Waals surface area contributed by atoms with Gasteiger partial charge in [-0.05, 0) is 67.3 Å². The van der Waals surface area contributed by atoms with Gasteiger partial charge in [-0.3, -0.25) is 14.4 Å². The highest BCUT2D eigenvalue weighted by Gasteiger charge is 2.26. The highest BCUT2D eigenvalue weighted by molar-refractivity contribution is 7.93. The monoisotopic (exact) mass is 489 g/mol. The first-order valence-electron chi connectivity index (χ1n) is 10.6. The van der Waals surface area contributed by atoms with E-state index in [4.69, 9.17) is 0 Å². The van der Waals surface area contributed by atoms with Crippen LogP contribution >= 0.6 is 22.7 Å². The molecule has 170 valence electrons. The SMILES string of the molecule is Cc1ccc(NS(=O)(=O)c2ccsc2C(=O)NCC2CCCN(Cc3cccs3)C2)cc1. The number of benzene rings is 1. The van der Waals surface area contributed by atoms with Crippen LogP contribution in [0.1, 0.15) is 33.0 Å². The highest BCUT2D eigenvalue weighted by atomic mass is 32.2. The van der Waals surface area contributed by atoms with Gasteiger partial charge in [0.05, 0.1) is 0 Å². The van der Waals surface area contributed by atoms with E-state index in [0.717, 1.165) is 49.4 Å². The Morgan fingerprint density at radius 3 is 2.69 bits per heavy atom. The first kappa shape index (κ1) is 23.0. The standard InChI is InChI=1S/C23H27N3O3S3/c1-17-6-8-19(9-7-17)25-32(28,29)21-10-13-31-22(21)23(27)24-14-18-4-2-11-26(15-18)16-20-5-3-12-30-20/h3,5-10,12-13,18,25H,2,4,11,14-16H2,1H3,(H,24,27). The number of hydrogen-bond acceptors (Lipinski definition) is 6. The van der Waals surface area contributed by atoms with E-state index in [1.807, 2.05) is 19.1 Å². The maximum atomic E-state index is 12.9. The minimum Gasteiger partial charge on any atom is -0.351 e. The van der Waals surface area contributed by atoms with Crippen LogP contribution in [0.5, 0.6) is 0 Å². The summed E-state index contributed by atoms with van der Waals surface area (Å²) in [5.41, 5.74) is 1.52. The van der Waals surface area contributed by atoms with Crippen molar-refractivity contribution in [3.05, 3.63) is 68.5 Å². The van der Waals surface area contributed by atoms with Crippen molar-refractivity contribution in [2.24, 2.45) is 5.92 Å². The minimum absolute atomic E-state index is 0.0172. The molecule has 6 nitrogen and oxygen atoms in total. The van der Waals surface area contributed by atoms with Crippen molar-refractivity contribution in [3.63, 3.8) is 0 Å². The largest absolute Gasteiger partial charge is 0.351 e. The van der Waals surface area contributed by atoms with Crippen LogP contribution < -0.4 is 10.0 Å². The van der Waals surface area contributed by atoms with Crippen LogP contribution in [0.25, 0.3) is 0 Å². The third-order valence-electron chi connectivity index (χ3n) is 5.54. The number of carbonyl (C=O) groups is 1. The van der Waals surface area contributed by atoms with Crippen molar-refractivity contribution in [1.82, 2.24) is 10.2 Å². The molecule has 2 N–H and O–H groups in total. The summed E-state index contributed by atoms with van der Waals surface area (Å²) in [6, 6.07) is 12.8. The number of aryl methyl sites for hydroxylation is 1. The summed E-state index contributed by atoms with van der Waals surface area (Å²) in [4.78, 5) is 16.9. The zero-order chi connectivity index (χ0) is 22.6. The van der Waals surface area contributed by atoms with Gasteiger partial charge in [0.2, 0.25) is 0 Å². The van der Waals surface area contributed by atoms with Gasteiger partial charge in [-0.25, -0.2) is 8.42 Å². The molecular weight excluding hydrogens is 462 g/mol. The van der Waals surface area contributed by atoms with Crippen molar-refractivity contribution < 1.29 is 13.2 Å². The Bertz CT molecular complexity index is 1140. The topological polar surface area (TPSA) is 78.5 Å². The number of rotatable bonds is 8. The van der Waals surface area contributed by atoms with E-state index in [2.05, 4.69) is 32.5 Å². The van der Waals surface area contributed by atoms with Gasteiger partial charge in [0.25, 0.3) is 15.9 Å². The Labute approximate surface area is 197 Å². The minimum atomic E-state index is -3.85. The van der Waals surface area contributed by atoms with Crippen LogP contribution in [-0.4, -0.2) is 38.9 Å². The first-order chi connectivity index (χ1) is 15.4. The molecule has 0 radical (unpaired) electrons. The second kappa shape index (κ2) is 10.2. The molecule has 0 spiro atoms. The molecule has 1 atom stereocenters.